The van der Waals surface area contributed by atoms with Gasteiger partial charge in [0.15, 0.2) is 0 Å². The molecule has 7 nitrogen and oxygen atoms in total. The number of rotatable bonds is 6. The monoisotopic (exact) mass is 478 g/mol. The first-order valence-electron chi connectivity index (χ1n) is 11.7. The van der Waals surface area contributed by atoms with E-state index in [2.05, 4.69) is 5.10 Å². The van der Waals surface area contributed by atoms with E-state index in [1.165, 1.54) is 4.68 Å². The summed E-state index contributed by atoms with van der Waals surface area (Å²) in [4.78, 5) is 44.2. The minimum Gasteiger partial charge on any atom is -0.365 e. The number of nitrogens with one attached hydrogen (secondary N) is 1. The van der Waals surface area contributed by atoms with E-state index in [1.54, 1.807) is 43.1 Å². The normalized spacial score (nSPS) is 13.6. The van der Waals surface area contributed by atoms with Crippen LogP contribution in [0.15, 0.2) is 95.4 Å². The molecule has 2 heterocycles. The Labute approximate surface area is 208 Å². The molecule has 0 radical (unpaired) electrons. The third-order valence-corrected chi connectivity index (χ3v) is 6.33. The van der Waals surface area contributed by atoms with Gasteiger partial charge in [-0.2, -0.15) is 0 Å². The Morgan fingerprint density at radius 2 is 1.36 bits per heavy atom. The lowest BCUT2D eigenvalue weighted by Crippen LogP contribution is -2.34. The lowest BCUT2D eigenvalue weighted by atomic mass is 10.0. The molecule has 4 aromatic rings. The fourth-order valence-corrected chi connectivity index (χ4v) is 4.56. The lowest BCUT2D eigenvalue weighted by Gasteiger charge is -2.21. The van der Waals surface area contributed by atoms with Gasteiger partial charge in [-0.1, -0.05) is 66.2 Å². The number of para-hydroxylation sites is 1. The van der Waals surface area contributed by atoms with E-state index in [0.717, 1.165) is 16.0 Å². The number of imide groups is 1. The van der Waals surface area contributed by atoms with Crippen LogP contribution < -0.4 is 10.5 Å². The van der Waals surface area contributed by atoms with Crippen molar-refractivity contribution >= 4 is 23.1 Å². The van der Waals surface area contributed by atoms with Crippen LogP contribution in [0, 0.1) is 13.8 Å². The number of anilines is 1. The summed E-state index contributed by atoms with van der Waals surface area (Å²) in [5.74, 6) is -0.971. The lowest BCUT2D eigenvalue weighted by molar-refractivity contribution is -0.120. The second kappa shape index (κ2) is 9.19. The number of H-pyrrole nitrogens is 1. The maximum absolute atomic E-state index is 13.9. The average Bonchev–Trinajstić information content (AvgIpc) is 3.31. The molecule has 0 fully saturated rings. The maximum atomic E-state index is 13.9. The highest BCUT2D eigenvalue weighted by Crippen LogP contribution is 2.35. The maximum Gasteiger partial charge on any atom is 0.282 e. The molecule has 180 valence electrons. The molecule has 1 aliphatic rings. The van der Waals surface area contributed by atoms with Gasteiger partial charge < -0.3 is 4.90 Å². The minimum atomic E-state index is -0.516. The van der Waals surface area contributed by atoms with Gasteiger partial charge in [0.25, 0.3) is 17.4 Å². The minimum absolute atomic E-state index is 0.104. The zero-order valence-electron chi connectivity index (χ0n) is 20.4. The standard InChI is InChI=1S/C29H26N4O3/c1-19-14-16-22(17-15-19)32-27(34)25(26(29(32)36)31(3)18-21-10-6-4-7-11-21)24-20(2)30-33(28(24)35)23-12-8-5-9-13-23/h4-17,30H,18H2,1-3H3. The van der Waals surface area contributed by atoms with Crippen molar-refractivity contribution in [3.8, 4) is 5.69 Å². The number of aryl methyl sites for hydroxylation is 2. The van der Waals surface area contributed by atoms with E-state index >= 15 is 0 Å². The van der Waals surface area contributed by atoms with Gasteiger partial charge in [-0.25, -0.2) is 9.58 Å². The summed E-state index contributed by atoms with van der Waals surface area (Å²) in [6, 6.07) is 26.0. The fraction of sp³-hybridized carbons (Fsp3) is 0.138. The van der Waals surface area contributed by atoms with Crippen LogP contribution in [0.2, 0.25) is 0 Å². The first-order valence-corrected chi connectivity index (χ1v) is 11.7. The van der Waals surface area contributed by atoms with Crippen molar-refractivity contribution in [2.45, 2.75) is 20.4 Å². The largest absolute Gasteiger partial charge is 0.365 e. The Balaban J connectivity index is 1.67. The Morgan fingerprint density at radius 1 is 0.750 bits per heavy atom. The average molecular weight is 479 g/mol. The molecule has 0 saturated carbocycles. The third kappa shape index (κ3) is 3.94. The summed E-state index contributed by atoms with van der Waals surface area (Å²) < 4.78 is 1.40. The van der Waals surface area contributed by atoms with Crippen LogP contribution >= 0.6 is 0 Å². The number of benzene rings is 3. The topological polar surface area (TPSA) is 78.4 Å². The quantitative estimate of drug-likeness (QED) is 0.422. The molecule has 1 N–H and O–H groups in total. The molecule has 1 aromatic heterocycles. The summed E-state index contributed by atoms with van der Waals surface area (Å²) in [5, 5.41) is 3.08. The number of aromatic amines is 1. The summed E-state index contributed by atoms with van der Waals surface area (Å²) in [6.45, 7) is 4.08. The number of aromatic nitrogens is 2. The molecule has 2 amide bonds. The predicted molar refractivity (Wildman–Crippen MR) is 140 cm³/mol. The van der Waals surface area contributed by atoms with Gasteiger partial charge in [-0.05, 0) is 43.7 Å². The van der Waals surface area contributed by atoms with Crippen LogP contribution in [-0.4, -0.2) is 33.5 Å². The molecule has 0 saturated heterocycles. The molecule has 5 rings (SSSR count). The van der Waals surface area contributed by atoms with E-state index in [9.17, 15) is 14.4 Å². The highest BCUT2D eigenvalue weighted by Gasteiger charge is 2.43. The molecule has 0 spiro atoms. The first kappa shape index (κ1) is 23.1. The van der Waals surface area contributed by atoms with Crippen molar-refractivity contribution in [1.82, 2.24) is 14.7 Å². The number of nitrogens with zero attached hydrogens (tertiary/aromatic N) is 3. The van der Waals surface area contributed by atoms with Crippen molar-refractivity contribution < 1.29 is 9.59 Å². The van der Waals surface area contributed by atoms with E-state index in [-0.39, 0.29) is 22.4 Å². The third-order valence-electron chi connectivity index (χ3n) is 6.33. The van der Waals surface area contributed by atoms with Gasteiger partial charge in [0.05, 0.1) is 22.5 Å². The predicted octanol–water partition coefficient (Wildman–Crippen LogP) is 4.20. The molecule has 1 aliphatic heterocycles. The van der Waals surface area contributed by atoms with Gasteiger partial charge in [-0.15, -0.1) is 0 Å². The molecule has 0 unspecified atom stereocenters. The summed E-state index contributed by atoms with van der Waals surface area (Å²) in [5.41, 5.74) is 3.73. The van der Waals surface area contributed by atoms with E-state index in [4.69, 9.17) is 0 Å². The van der Waals surface area contributed by atoms with E-state index in [1.807, 2.05) is 67.6 Å². The molecule has 7 heteroatoms. The highest BCUT2D eigenvalue weighted by molar-refractivity contribution is 6.45. The van der Waals surface area contributed by atoms with Crippen molar-refractivity contribution in [2.24, 2.45) is 0 Å². The highest BCUT2D eigenvalue weighted by atomic mass is 16.2. The van der Waals surface area contributed by atoms with Gasteiger partial charge in [-0.3, -0.25) is 19.5 Å². The van der Waals surface area contributed by atoms with Crippen LogP contribution in [0.3, 0.4) is 0 Å². The van der Waals surface area contributed by atoms with Gasteiger partial charge in [0.1, 0.15) is 5.70 Å². The van der Waals surface area contributed by atoms with Crippen molar-refractivity contribution in [2.75, 3.05) is 11.9 Å². The Bertz CT molecular complexity index is 1530. The van der Waals surface area contributed by atoms with Gasteiger partial charge in [0.2, 0.25) is 0 Å². The van der Waals surface area contributed by atoms with E-state index < -0.39 is 11.8 Å². The number of likely N-dealkylation sites (N-methyl/N-ethyl adjacent to an activating group) is 1. The number of carbonyl (C=O) groups excluding carboxylic acids is 2. The van der Waals surface area contributed by atoms with E-state index in [0.29, 0.717) is 23.6 Å². The second-order valence-electron chi connectivity index (χ2n) is 8.93. The van der Waals surface area contributed by atoms with Crippen molar-refractivity contribution in [3.63, 3.8) is 0 Å². The Morgan fingerprint density at radius 3 is 2.00 bits per heavy atom. The summed E-state index contributed by atoms with van der Waals surface area (Å²) in [6.07, 6.45) is 0. The SMILES string of the molecule is Cc1ccc(N2C(=O)C(c3c(C)[nH]n(-c4ccccc4)c3=O)=C(N(C)Cc3ccccc3)C2=O)cc1. The van der Waals surface area contributed by atoms with Crippen LogP contribution in [-0.2, 0) is 16.1 Å². The first-order chi connectivity index (χ1) is 17.4. The molecule has 0 aliphatic carbocycles. The number of amides is 2. The molecular formula is C29H26N4O3. The summed E-state index contributed by atoms with van der Waals surface area (Å²) >= 11 is 0. The Hall–Kier alpha value is -4.65. The van der Waals surface area contributed by atoms with Crippen LogP contribution in [0.5, 0.6) is 0 Å². The summed E-state index contributed by atoms with van der Waals surface area (Å²) in [7, 11) is 1.77. The molecule has 36 heavy (non-hydrogen) atoms. The van der Waals surface area contributed by atoms with Gasteiger partial charge in [0, 0.05) is 19.3 Å². The molecule has 0 atom stereocenters. The number of carbonyl (C=O) groups is 2. The second-order valence-corrected chi connectivity index (χ2v) is 8.93. The zero-order chi connectivity index (χ0) is 25.4. The van der Waals surface area contributed by atoms with Crippen LogP contribution in [0.25, 0.3) is 11.3 Å². The number of hydrogen-bond acceptors (Lipinski definition) is 4. The van der Waals surface area contributed by atoms with Crippen LogP contribution in [0.1, 0.15) is 22.4 Å². The number of hydrogen-bond donors (Lipinski definition) is 1. The molecular weight excluding hydrogens is 452 g/mol. The molecule has 0 bridgehead atoms. The fourth-order valence-electron chi connectivity index (χ4n) is 4.56. The van der Waals surface area contributed by atoms with Gasteiger partial charge >= 0.3 is 0 Å². The van der Waals surface area contributed by atoms with Crippen molar-refractivity contribution in [3.05, 3.63) is 123 Å². The smallest absolute Gasteiger partial charge is 0.282 e. The molecule has 3 aromatic carbocycles. The van der Waals surface area contributed by atoms with Crippen molar-refractivity contribution in [1.29, 1.82) is 0 Å². The zero-order valence-corrected chi connectivity index (χ0v) is 20.4. The van der Waals surface area contributed by atoms with Crippen LogP contribution in [0.4, 0.5) is 5.69 Å². The Kier molecular flexibility index (Phi) is 5.90.